The lowest BCUT2D eigenvalue weighted by atomic mass is 10.1. The molecule has 2 aromatic rings. The van der Waals surface area contributed by atoms with Gasteiger partial charge in [0.15, 0.2) is 5.82 Å². The summed E-state index contributed by atoms with van der Waals surface area (Å²) >= 11 is 0. The van der Waals surface area contributed by atoms with Crippen molar-refractivity contribution in [3.8, 4) is 11.4 Å². The molecule has 0 saturated carbocycles. The lowest BCUT2D eigenvalue weighted by Crippen LogP contribution is -2.36. The molecule has 1 aliphatic rings. The first-order valence-corrected chi connectivity index (χ1v) is 6.54. The van der Waals surface area contributed by atoms with Gasteiger partial charge in [0.05, 0.1) is 13.2 Å². The number of ether oxygens (including phenoxy) is 1. The highest BCUT2D eigenvalue weighted by Crippen LogP contribution is 2.12. The number of aromatic nitrogens is 4. The van der Waals surface area contributed by atoms with Crippen LogP contribution in [0.2, 0.25) is 0 Å². The van der Waals surface area contributed by atoms with Crippen LogP contribution in [0.25, 0.3) is 11.4 Å². The molecule has 3 rings (SSSR count). The molecule has 0 amide bonds. The van der Waals surface area contributed by atoms with E-state index in [2.05, 4.69) is 25.5 Å². The van der Waals surface area contributed by atoms with Crippen molar-refractivity contribution in [2.45, 2.75) is 25.4 Å². The zero-order valence-electron chi connectivity index (χ0n) is 10.7. The van der Waals surface area contributed by atoms with E-state index in [-0.39, 0.29) is 0 Å². The number of rotatable bonds is 4. The van der Waals surface area contributed by atoms with Crippen molar-refractivity contribution < 1.29 is 4.74 Å². The lowest BCUT2D eigenvalue weighted by Gasteiger charge is -2.22. The van der Waals surface area contributed by atoms with Gasteiger partial charge >= 0.3 is 0 Å². The summed E-state index contributed by atoms with van der Waals surface area (Å²) < 4.78 is 5.43. The number of aromatic amines is 1. The molecule has 19 heavy (non-hydrogen) atoms. The third-order valence-corrected chi connectivity index (χ3v) is 3.19. The summed E-state index contributed by atoms with van der Waals surface area (Å²) in [5.41, 5.74) is 0.971. The predicted octanol–water partition coefficient (Wildman–Crippen LogP) is 1.14. The molecule has 1 unspecified atom stereocenters. The highest BCUT2D eigenvalue weighted by Gasteiger charge is 2.14. The van der Waals surface area contributed by atoms with Crippen LogP contribution in [-0.4, -0.2) is 39.4 Å². The highest BCUT2D eigenvalue weighted by atomic mass is 16.5. The first kappa shape index (κ1) is 12.3. The van der Waals surface area contributed by atoms with Crippen LogP contribution in [0.4, 0.5) is 0 Å². The van der Waals surface area contributed by atoms with E-state index in [1.807, 2.05) is 12.1 Å². The van der Waals surface area contributed by atoms with E-state index >= 15 is 0 Å². The number of hydrogen-bond donors (Lipinski definition) is 2. The number of pyridine rings is 1. The molecule has 6 heteroatoms. The van der Waals surface area contributed by atoms with Gasteiger partial charge in [-0.1, -0.05) is 0 Å². The molecule has 2 aromatic heterocycles. The second kappa shape index (κ2) is 5.90. The average molecular weight is 259 g/mol. The molecule has 2 N–H and O–H groups in total. The molecule has 3 heterocycles. The molecule has 0 aliphatic carbocycles. The summed E-state index contributed by atoms with van der Waals surface area (Å²) in [6, 6.07) is 4.22. The molecular formula is C13H17N5O. The van der Waals surface area contributed by atoms with Crippen LogP contribution >= 0.6 is 0 Å². The largest absolute Gasteiger partial charge is 0.380 e. The van der Waals surface area contributed by atoms with Gasteiger partial charge in [0, 0.05) is 30.6 Å². The maximum absolute atomic E-state index is 5.43. The maximum atomic E-state index is 5.43. The predicted molar refractivity (Wildman–Crippen MR) is 70.3 cm³/mol. The normalized spacial score (nSPS) is 19.5. The minimum absolute atomic E-state index is 0.420. The zero-order valence-corrected chi connectivity index (χ0v) is 10.7. The first-order valence-electron chi connectivity index (χ1n) is 6.54. The van der Waals surface area contributed by atoms with E-state index in [1.165, 1.54) is 0 Å². The monoisotopic (exact) mass is 259 g/mol. The van der Waals surface area contributed by atoms with E-state index < -0.39 is 0 Å². The van der Waals surface area contributed by atoms with Gasteiger partial charge < -0.3 is 10.1 Å². The maximum Gasteiger partial charge on any atom is 0.181 e. The zero-order chi connectivity index (χ0) is 12.9. The SMILES string of the molecule is c1cc(-c2n[nH]c(CNC3CCCOC3)n2)ccn1. The van der Waals surface area contributed by atoms with Crippen molar-refractivity contribution in [2.75, 3.05) is 13.2 Å². The Bertz CT molecular complexity index is 507. The number of hydrogen-bond acceptors (Lipinski definition) is 5. The second-order valence-electron chi connectivity index (χ2n) is 4.64. The topological polar surface area (TPSA) is 75.7 Å². The van der Waals surface area contributed by atoms with Crippen molar-refractivity contribution in [1.82, 2.24) is 25.5 Å². The molecule has 1 fully saturated rings. The molecule has 1 saturated heterocycles. The van der Waals surface area contributed by atoms with Gasteiger partial charge in [-0.2, -0.15) is 5.10 Å². The summed E-state index contributed by atoms with van der Waals surface area (Å²) in [6.45, 7) is 2.35. The van der Waals surface area contributed by atoms with E-state index in [1.54, 1.807) is 12.4 Å². The Morgan fingerprint density at radius 2 is 2.26 bits per heavy atom. The quantitative estimate of drug-likeness (QED) is 0.861. The first-order chi connectivity index (χ1) is 9.42. The van der Waals surface area contributed by atoms with Crippen molar-refractivity contribution >= 4 is 0 Å². The number of nitrogens with one attached hydrogen (secondary N) is 2. The third kappa shape index (κ3) is 3.15. The summed E-state index contributed by atoms with van der Waals surface area (Å²) in [5.74, 6) is 1.55. The van der Waals surface area contributed by atoms with Crippen LogP contribution in [0, 0.1) is 0 Å². The second-order valence-corrected chi connectivity index (χ2v) is 4.64. The Balaban J connectivity index is 1.59. The molecule has 1 atom stereocenters. The van der Waals surface area contributed by atoms with Gasteiger partial charge in [-0.05, 0) is 25.0 Å². The minimum Gasteiger partial charge on any atom is -0.380 e. The van der Waals surface area contributed by atoms with Crippen molar-refractivity contribution in [3.63, 3.8) is 0 Å². The molecule has 0 radical (unpaired) electrons. The molecule has 100 valence electrons. The van der Waals surface area contributed by atoms with Gasteiger partial charge in [-0.15, -0.1) is 0 Å². The van der Waals surface area contributed by atoms with Gasteiger partial charge in [-0.25, -0.2) is 4.98 Å². The molecular weight excluding hydrogens is 242 g/mol. The average Bonchev–Trinajstić information content (AvgIpc) is 2.96. The van der Waals surface area contributed by atoms with Crippen LogP contribution < -0.4 is 5.32 Å². The van der Waals surface area contributed by atoms with Gasteiger partial charge in [0.2, 0.25) is 0 Å². The lowest BCUT2D eigenvalue weighted by molar-refractivity contribution is 0.0697. The van der Waals surface area contributed by atoms with Gasteiger partial charge in [0.1, 0.15) is 5.82 Å². The standard InChI is InChI=1S/C13H17N5O/c1-2-11(9-19-7-1)15-8-12-16-13(18-17-12)10-3-5-14-6-4-10/h3-6,11,15H,1-2,7-9H2,(H,16,17,18). The summed E-state index contributed by atoms with van der Waals surface area (Å²) in [7, 11) is 0. The smallest absolute Gasteiger partial charge is 0.181 e. The van der Waals surface area contributed by atoms with Crippen LogP contribution in [0.3, 0.4) is 0 Å². The van der Waals surface area contributed by atoms with Crippen molar-refractivity contribution in [3.05, 3.63) is 30.4 Å². The molecule has 1 aliphatic heterocycles. The molecule has 0 spiro atoms. The Hall–Kier alpha value is -1.79. The van der Waals surface area contributed by atoms with Crippen LogP contribution in [0.15, 0.2) is 24.5 Å². The summed E-state index contributed by atoms with van der Waals surface area (Å²) in [4.78, 5) is 8.45. The third-order valence-electron chi connectivity index (χ3n) is 3.19. The van der Waals surface area contributed by atoms with Crippen molar-refractivity contribution in [2.24, 2.45) is 0 Å². The number of H-pyrrole nitrogens is 1. The van der Waals surface area contributed by atoms with Crippen LogP contribution in [0.5, 0.6) is 0 Å². The fourth-order valence-corrected chi connectivity index (χ4v) is 2.15. The Morgan fingerprint density at radius 1 is 1.37 bits per heavy atom. The van der Waals surface area contributed by atoms with Crippen molar-refractivity contribution in [1.29, 1.82) is 0 Å². The molecule has 0 aromatic carbocycles. The Morgan fingerprint density at radius 3 is 3.05 bits per heavy atom. The van der Waals surface area contributed by atoms with Gasteiger partial charge in [-0.3, -0.25) is 10.1 Å². The minimum atomic E-state index is 0.420. The summed E-state index contributed by atoms with van der Waals surface area (Å²) in [6.07, 6.45) is 5.76. The van der Waals surface area contributed by atoms with E-state index in [0.29, 0.717) is 18.4 Å². The van der Waals surface area contributed by atoms with E-state index in [9.17, 15) is 0 Å². The fourth-order valence-electron chi connectivity index (χ4n) is 2.15. The fraction of sp³-hybridized carbons (Fsp3) is 0.462. The summed E-state index contributed by atoms with van der Waals surface area (Å²) in [5, 5.41) is 10.6. The van der Waals surface area contributed by atoms with E-state index in [4.69, 9.17) is 4.74 Å². The van der Waals surface area contributed by atoms with Gasteiger partial charge in [0.25, 0.3) is 0 Å². The van der Waals surface area contributed by atoms with Crippen LogP contribution in [0.1, 0.15) is 18.7 Å². The Kier molecular flexibility index (Phi) is 3.81. The number of nitrogens with zero attached hydrogens (tertiary/aromatic N) is 3. The molecule has 6 nitrogen and oxygen atoms in total. The van der Waals surface area contributed by atoms with Crippen LogP contribution in [-0.2, 0) is 11.3 Å². The highest BCUT2D eigenvalue weighted by molar-refractivity contribution is 5.52. The van der Waals surface area contributed by atoms with E-state index in [0.717, 1.165) is 37.4 Å². The Labute approximate surface area is 111 Å². The molecule has 0 bridgehead atoms.